The molecule has 0 saturated heterocycles. The Morgan fingerprint density at radius 3 is 2.40 bits per heavy atom. The maximum absolute atomic E-state index is 12.0. The molecule has 3 atom stereocenters. The fourth-order valence-corrected chi connectivity index (χ4v) is 3.56. The van der Waals surface area contributed by atoms with Crippen molar-refractivity contribution in [2.45, 2.75) is 46.0 Å². The van der Waals surface area contributed by atoms with E-state index in [1.165, 1.54) is 25.7 Å². The molecule has 0 radical (unpaired) electrons. The number of rotatable bonds is 4. The first-order valence-electron chi connectivity index (χ1n) is 6.52. The molecule has 0 aliphatic heterocycles. The molecule has 0 aromatic rings. The molecular formula is C13H23NO. The second-order valence-corrected chi connectivity index (χ2v) is 5.21. The first-order chi connectivity index (χ1) is 7.24. The minimum Gasteiger partial charge on any atom is -0.343 e. The molecule has 0 aromatic heterocycles. The summed E-state index contributed by atoms with van der Waals surface area (Å²) in [6, 6.07) is 0. The van der Waals surface area contributed by atoms with Crippen molar-refractivity contribution < 1.29 is 4.79 Å². The standard InChI is InChI=1S/C13H23NO/c1-3-14(4-2)13(15)9-12-8-10-5-6-11(12)7-10/h10-12H,3-9H2,1-2H3/t10-,11-,12-/m0/s1. The first-order valence-corrected chi connectivity index (χ1v) is 6.52. The molecule has 2 bridgehead atoms. The summed E-state index contributed by atoms with van der Waals surface area (Å²) in [5.74, 6) is 2.95. The van der Waals surface area contributed by atoms with E-state index in [-0.39, 0.29) is 0 Å². The van der Waals surface area contributed by atoms with Gasteiger partial charge in [-0.2, -0.15) is 0 Å². The normalized spacial score (nSPS) is 33.3. The second kappa shape index (κ2) is 4.54. The Balaban J connectivity index is 1.84. The minimum absolute atomic E-state index is 0.387. The number of hydrogen-bond acceptors (Lipinski definition) is 1. The van der Waals surface area contributed by atoms with E-state index in [2.05, 4.69) is 13.8 Å². The molecule has 2 aliphatic carbocycles. The number of hydrogen-bond donors (Lipinski definition) is 0. The molecule has 15 heavy (non-hydrogen) atoms. The number of carbonyl (C=O) groups excluding carboxylic acids is 1. The average Bonchev–Trinajstić information content (AvgIpc) is 2.81. The van der Waals surface area contributed by atoms with Crippen molar-refractivity contribution in [1.29, 1.82) is 0 Å². The van der Waals surface area contributed by atoms with Gasteiger partial charge >= 0.3 is 0 Å². The van der Waals surface area contributed by atoms with E-state index in [9.17, 15) is 4.79 Å². The van der Waals surface area contributed by atoms with Gasteiger partial charge in [-0.25, -0.2) is 0 Å². The number of fused-ring (bicyclic) bond motifs is 2. The summed E-state index contributed by atoms with van der Waals surface area (Å²) in [6.07, 6.45) is 6.39. The SMILES string of the molecule is CCN(CC)C(=O)C[C@@H]1C[C@H]2CC[C@H]1C2. The van der Waals surface area contributed by atoms with Crippen LogP contribution in [0.15, 0.2) is 0 Å². The van der Waals surface area contributed by atoms with E-state index in [1.807, 2.05) is 4.90 Å². The Kier molecular flexibility index (Phi) is 3.32. The molecule has 2 saturated carbocycles. The van der Waals surface area contributed by atoms with Crippen LogP contribution in [0.1, 0.15) is 46.0 Å². The third-order valence-corrected chi connectivity index (χ3v) is 4.44. The zero-order chi connectivity index (χ0) is 10.8. The van der Waals surface area contributed by atoms with E-state index >= 15 is 0 Å². The number of amides is 1. The molecule has 0 heterocycles. The largest absolute Gasteiger partial charge is 0.343 e. The second-order valence-electron chi connectivity index (χ2n) is 5.21. The lowest BCUT2D eigenvalue weighted by Crippen LogP contribution is -2.32. The van der Waals surface area contributed by atoms with Crippen LogP contribution in [0.2, 0.25) is 0 Å². The van der Waals surface area contributed by atoms with Crippen LogP contribution in [0, 0.1) is 17.8 Å². The Morgan fingerprint density at radius 2 is 1.93 bits per heavy atom. The molecule has 86 valence electrons. The van der Waals surface area contributed by atoms with Crippen LogP contribution in [-0.4, -0.2) is 23.9 Å². The van der Waals surface area contributed by atoms with Crippen LogP contribution in [0.5, 0.6) is 0 Å². The van der Waals surface area contributed by atoms with E-state index in [4.69, 9.17) is 0 Å². The monoisotopic (exact) mass is 209 g/mol. The fraction of sp³-hybridized carbons (Fsp3) is 0.923. The molecule has 0 unspecified atom stereocenters. The summed E-state index contributed by atoms with van der Waals surface area (Å²) in [5.41, 5.74) is 0. The molecule has 0 N–H and O–H groups in total. The van der Waals surface area contributed by atoms with E-state index in [1.54, 1.807) is 0 Å². The Labute approximate surface area is 93.0 Å². The van der Waals surface area contributed by atoms with Crippen molar-refractivity contribution in [3.8, 4) is 0 Å². The highest BCUT2D eigenvalue weighted by Gasteiger charge is 2.40. The molecule has 2 fully saturated rings. The van der Waals surface area contributed by atoms with Crippen LogP contribution in [0.3, 0.4) is 0 Å². The maximum Gasteiger partial charge on any atom is 0.222 e. The molecule has 0 spiro atoms. The zero-order valence-corrected chi connectivity index (χ0v) is 10.0. The molecule has 1 amide bonds. The number of nitrogens with zero attached hydrogens (tertiary/aromatic N) is 1. The van der Waals surface area contributed by atoms with Crippen molar-refractivity contribution in [3.05, 3.63) is 0 Å². The van der Waals surface area contributed by atoms with Crippen LogP contribution < -0.4 is 0 Å². The van der Waals surface area contributed by atoms with E-state index in [0.717, 1.165) is 37.3 Å². The summed E-state index contributed by atoms with van der Waals surface area (Å²) in [7, 11) is 0. The smallest absolute Gasteiger partial charge is 0.222 e. The van der Waals surface area contributed by atoms with E-state index in [0.29, 0.717) is 5.91 Å². The van der Waals surface area contributed by atoms with Crippen LogP contribution in [0.4, 0.5) is 0 Å². The predicted octanol–water partition coefficient (Wildman–Crippen LogP) is 2.68. The van der Waals surface area contributed by atoms with Gasteiger partial charge in [0.2, 0.25) is 5.91 Å². The van der Waals surface area contributed by atoms with Crippen molar-refractivity contribution in [3.63, 3.8) is 0 Å². The lowest BCUT2D eigenvalue weighted by Gasteiger charge is -2.25. The topological polar surface area (TPSA) is 20.3 Å². The summed E-state index contributed by atoms with van der Waals surface area (Å²) in [4.78, 5) is 13.9. The highest BCUT2D eigenvalue weighted by molar-refractivity contribution is 5.76. The average molecular weight is 209 g/mol. The van der Waals surface area contributed by atoms with Crippen molar-refractivity contribution in [2.75, 3.05) is 13.1 Å². The van der Waals surface area contributed by atoms with Gasteiger partial charge in [-0.15, -0.1) is 0 Å². The summed E-state index contributed by atoms with van der Waals surface area (Å²) < 4.78 is 0. The highest BCUT2D eigenvalue weighted by atomic mass is 16.2. The summed E-state index contributed by atoms with van der Waals surface area (Å²) in [6.45, 7) is 5.89. The summed E-state index contributed by atoms with van der Waals surface area (Å²) in [5, 5.41) is 0. The first kappa shape index (κ1) is 11.0. The Bertz CT molecular complexity index is 235. The lowest BCUT2D eigenvalue weighted by molar-refractivity contribution is -0.132. The van der Waals surface area contributed by atoms with Gasteiger partial charge in [0.25, 0.3) is 0 Å². The highest BCUT2D eigenvalue weighted by Crippen LogP contribution is 2.49. The van der Waals surface area contributed by atoms with Crippen LogP contribution in [-0.2, 0) is 4.79 Å². The third kappa shape index (κ3) is 2.19. The van der Waals surface area contributed by atoms with Gasteiger partial charge < -0.3 is 4.90 Å². The van der Waals surface area contributed by atoms with Gasteiger partial charge in [0.15, 0.2) is 0 Å². The Morgan fingerprint density at radius 1 is 1.20 bits per heavy atom. The summed E-state index contributed by atoms with van der Waals surface area (Å²) >= 11 is 0. The maximum atomic E-state index is 12.0. The lowest BCUT2D eigenvalue weighted by atomic mass is 9.86. The molecule has 2 rings (SSSR count). The van der Waals surface area contributed by atoms with Gasteiger partial charge in [0, 0.05) is 19.5 Å². The molecule has 2 nitrogen and oxygen atoms in total. The van der Waals surface area contributed by atoms with Gasteiger partial charge in [-0.05, 0) is 50.9 Å². The molecular weight excluding hydrogens is 186 g/mol. The van der Waals surface area contributed by atoms with Gasteiger partial charge in [0.1, 0.15) is 0 Å². The van der Waals surface area contributed by atoms with Crippen LogP contribution >= 0.6 is 0 Å². The van der Waals surface area contributed by atoms with Gasteiger partial charge in [0.05, 0.1) is 0 Å². The fourth-order valence-electron chi connectivity index (χ4n) is 3.56. The van der Waals surface area contributed by atoms with Crippen LogP contribution in [0.25, 0.3) is 0 Å². The Hall–Kier alpha value is -0.530. The third-order valence-electron chi connectivity index (χ3n) is 4.44. The van der Waals surface area contributed by atoms with E-state index < -0.39 is 0 Å². The predicted molar refractivity (Wildman–Crippen MR) is 61.5 cm³/mol. The van der Waals surface area contributed by atoms with Crippen molar-refractivity contribution in [1.82, 2.24) is 4.90 Å². The van der Waals surface area contributed by atoms with Crippen molar-refractivity contribution >= 4 is 5.91 Å². The van der Waals surface area contributed by atoms with Gasteiger partial charge in [-0.1, -0.05) is 6.42 Å². The quantitative estimate of drug-likeness (QED) is 0.697. The van der Waals surface area contributed by atoms with Crippen molar-refractivity contribution in [2.24, 2.45) is 17.8 Å². The molecule has 0 aromatic carbocycles. The minimum atomic E-state index is 0.387. The van der Waals surface area contributed by atoms with Gasteiger partial charge in [-0.3, -0.25) is 4.79 Å². The molecule has 2 heteroatoms. The molecule has 2 aliphatic rings. The zero-order valence-electron chi connectivity index (χ0n) is 10.0. The number of carbonyl (C=O) groups is 1.